The van der Waals surface area contributed by atoms with E-state index in [0.717, 1.165) is 32.6 Å². The molecule has 1 aliphatic heterocycles. The monoisotopic (exact) mass is 585 g/mol. The highest BCUT2D eigenvalue weighted by molar-refractivity contribution is 9.10. The first-order valence-electron chi connectivity index (χ1n) is 12.3. The first-order chi connectivity index (χ1) is 17.8. The van der Waals surface area contributed by atoms with Crippen LogP contribution in [0.5, 0.6) is 11.5 Å². The number of rotatable bonds is 9. The summed E-state index contributed by atoms with van der Waals surface area (Å²) in [5.41, 5.74) is 5.00. The average Bonchev–Trinajstić information content (AvgIpc) is 3.25. The van der Waals surface area contributed by atoms with Crippen LogP contribution in [0.1, 0.15) is 50.4 Å². The number of nitrogens with one attached hydrogen (secondary N) is 2. The number of fused-ring (bicyclic) bond motifs is 1. The van der Waals surface area contributed by atoms with Crippen LogP contribution in [0.25, 0.3) is 0 Å². The third kappa shape index (κ3) is 5.50. The highest BCUT2D eigenvalue weighted by Crippen LogP contribution is 2.43. The number of ether oxygens (including phenoxy) is 2. The van der Waals surface area contributed by atoms with Gasteiger partial charge in [-0.15, -0.1) is 5.10 Å². The average molecular weight is 587 g/mol. The molecule has 0 saturated carbocycles. The lowest BCUT2D eigenvalue weighted by Crippen LogP contribution is -2.31. The number of hydrogen-bond donors (Lipinski definition) is 2. The topological polar surface area (TPSA) is 90.3 Å². The fourth-order valence-corrected chi connectivity index (χ4v) is 5.42. The van der Waals surface area contributed by atoms with Gasteiger partial charge in [-0.05, 0) is 91.2 Å². The summed E-state index contributed by atoms with van der Waals surface area (Å²) in [5.74, 6) is 2.44. The van der Waals surface area contributed by atoms with Gasteiger partial charge in [0.2, 0.25) is 11.1 Å². The number of aryl methyl sites for hydroxylation is 1. The van der Waals surface area contributed by atoms with Gasteiger partial charge in [0.05, 0.1) is 23.3 Å². The van der Waals surface area contributed by atoms with Crippen molar-refractivity contribution in [2.24, 2.45) is 0 Å². The summed E-state index contributed by atoms with van der Waals surface area (Å²) >= 11 is 5.21. The predicted octanol–water partition coefficient (Wildman–Crippen LogP) is 6.49. The van der Waals surface area contributed by atoms with E-state index in [1.807, 2.05) is 65.0 Å². The summed E-state index contributed by atoms with van der Waals surface area (Å²) in [4.78, 5) is 18.6. The number of thioether (sulfide) groups is 1. The Morgan fingerprint density at radius 2 is 1.92 bits per heavy atom. The van der Waals surface area contributed by atoms with E-state index in [2.05, 4.69) is 38.5 Å². The molecule has 2 N–H and O–H groups in total. The van der Waals surface area contributed by atoms with Crippen molar-refractivity contribution >= 4 is 45.2 Å². The van der Waals surface area contributed by atoms with Gasteiger partial charge >= 0.3 is 0 Å². The molecule has 0 bridgehead atoms. The number of halogens is 1. The van der Waals surface area contributed by atoms with Crippen LogP contribution in [-0.2, 0) is 4.79 Å². The van der Waals surface area contributed by atoms with Crippen molar-refractivity contribution in [1.82, 2.24) is 14.8 Å². The van der Waals surface area contributed by atoms with E-state index in [1.54, 1.807) is 16.4 Å². The van der Waals surface area contributed by atoms with Gasteiger partial charge in [-0.2, -0.15) is 4.98 Å². The lowest BCUT2D eigenvalue weighted by atomic mass is 9.94. The molecule has 0 aliphatic carbocycles. The Morgan fingerprint density at radius 3 is 2.62 bits per heavy atom. The van der Waals surface area contributed by atoms with E-state index in [1.165, 1.54) is 0 Å². The molecule has 4 rings (SSSR count). The number of anilines is 2. The van der Waals surface area contributed by atoms with Crippen molar-refractivity contribution in [3.63, 3.8) is 0 Å². The first-order valence-corrected chi connectivity index (χ1v) is 14.1. The molecule has 0 saturated heterocycles. The minimum atomic E-state index is -0.536. The summed E-state index contributed by atoms with van der Waals surface area (Å²) in [5, 5.41) is 11.8. The number of allylic oxidation sites excluding steroid dienone is 1. The van der Waals surface area contributed by atoms with Gasteiger partial charge < -0.3 is 20.1 Å². The zero-order chi connectivity index (χ0) is 26.7. The predicted molar refractivity (Wildman–Crippen MR) is 152 cm³/mol. The Labute approximate surface area is 230 Å². The molecule has 1 unspecified atom stereocenters. The van der Waals surface area contributed by atoms with E-state index in [0.29, 0.717) is 47.1 Å². The quantitative estimate of drug-likeness (QED) is 0.277. The molecule has 3 aromatic rings. The second-order valence-electron chi connectivity index (χ2n) is 8.56. The molecule has 0 radical (unpaired) electrons. The molecule has 0 fully saturated rings. The van der Waals surface area contributed by atoms with Crippen LogP contribution in [0.15, 0.2) is 51.2 Å². The molecule has 1 amide bonds. The Hall–Kier alpha value is -2.98. The van der Waals surface area contributed by atoms with Crippen LogP contribution in [0.2, 0.25) is 0 Å². The molecule has 37 heavy (non-hydrogen) atoms. The van der Waals surface area contributed by atoms with Gasteiger partial charge in [-0.25, -0.2) is 4.68 Å². The molecule has 2 heterocycles. The minimum absolute atomic E-state index is 0.211. The van der Waals surface area contributed by atoms with Gasteiger partial charge in [0.25, 0.3) is 5.91 Å². The molecule has 1 atom stereocenters. The van der Waals surface area contributed by atoms with Gasteiger partial charge in [0, 0.05) is 11.4 Å². The van der Waals surface area contributed by atoms with Gasteiger partial charge in [-0.3, -0.25) is 4.79 Å². The Bertz CT molecular complexity index is 1350. The van der Waals surface area contributed by atoms with Crippen LogP contribution in [0, 0.1) is 13.8 Å². The highest BCUT2D eigenvalue weighted by Gasteiger charge is 2.35. The molecule has 8 nitrogen and oxygen atoms in total. The van der Waals surface area contributed by atoms with Gasteiger partial charge in [0.1, 0.15) is 6.04 Å². The first kappa shape index (κ1) is 27.1. The number of carbonyl (C=O) groups is 1. The van der Waals surface area contributed by atoms with Crippen LogP contribution in [0.4, 0.5) is 11.6 Å². The maximum Gasteiger partial charge on any atom is 0.255 e. The van der Waals surface area contributed by atoms with Crippen LogP contribution in [0.3, 0.4) is 0 Å². The Kier molecular flexibility index (Phi) is 8.49. The second-order valence-corrected chi connectivity index (χ2v) is 10.6. The maximum atomic E-state index is 13.9. The van der Waals surface area contributed by atoms with Crippen molar-refractivity contribution in [3.05, 3.63) is 62.8 Å². The Balaban J connectivity index is 1.86. The Morgan fingerprint density at radius 1 is 1.16 bits per heavy atom. The largest absolute Gasteiger partial charge is 0.490 e. The van der Waals surface area contributed by atoms with Crippen LogP contribution >= 0.6 is 27.7 Å². The summed E-state index contributed by atoms with van der Waals surface area (Å²) in [6.45, 7) is 12.8. The van der Waals surface area contributed by atoms with Crippen molar-refractivity contribution in [1.29, 1.82) is 0 Å². The molecular weight excluding hydrogens is 554 g/mol. The SMILES string of the molecule is CCOc1cc(C2C(C(=O)Nc3cccc(C)c3C)=C(C)Nc3nc(SCC)nn32)cc(Br)c1OCC. The third-order valence-corrected chi connectivity index (χ3v) is 7.45. The van der Waals surface area contributed by atoms with E-state index in [4.69, 9.17) is 14.6 Å². The summed E-state index contributed by atoms with van der Waals surface area (Å²) in [6, 6.07) is 9.23. The fraction of sp³-hybridized carbons (Fsp3) is 0.370. The normalized spacial score (nSPS) is 14.7. The minimum Gasteiger partial charge on any atom is -0.490 e. The van der Waals surface area contributed by atoms with E-state index in [-0.39, 0.29) is 5.91 Å². The van der Waals surface area contributed by atoms with E-state index < -0.39 is 6.04 Å². The molecule has 0 spiro atoms. The summed E-state index contributed by atoms with van der Waals surface area (Å²) in [7, 11) is 0. The van der Waals surface area contributed by atoms with Crippen LogP contribution in [-0.4, -0.2) is 39.6 Å². The zero-order valence-electron chi connectivity index (χ0n) is 21.9. The standard InChI is InChI=1S/C27H32BrN5O3S/c1-7-35-21-14-18(13-19(28)24(21)36-8-2)23-22(25(34)30-20-12-10-11-15(4)16(20)5)17(6)29-26-31-27(37-9-3)32-33(23)26/h10-14,23H,7-9H2,1-6H3,(H,30,34)(H,29,31,32). The lowest BCUT2D eigenvalue weighted by molar-refractivity contribution is -0.113. The number of carbonyl (C=O) groups excluding carboxylic acids is 1. The van der Waals surface area contributed by atoms with Gasteiger partial charge in [-0.1, -0.05) is 30.8 Å². The fourth-order valence-electron chi connectivity index (χ4n) is 4.29. The second kappa shape index (κ2) is 11.6. The molecule has 1 aromatic heterocycles. The molecule has 196 valence electrons. The number of benzene rings is 2. The van der Waals surface area contributed by atoms with Crippen molar-refractivity contribution in [3.8, 4) is 11.5 Å². The van der Waals surface area contributed by atoms with Crippen molar-refractivity contribution in [2.45, 2.75) is 52.7 Å². The number of aromatic nitrogens is 3. The lowest BCUT2D eigenvalue weighted by Gasteiger charge is -2.29. The van der Waals surface area contributed by atoms with Crippen molar-refractivity contribution < 1.29 is 14.3 Å². The zero-order valence-corrected chi connectivity index (χ0v) is 24.3. The number of nitrogens with zero attached hydrogens (tertiary/aromatic N) is 3. The maximum absolute atomic E-state index is 13.9. The molecule has 10 heteroatoms. The van der Waals surface area contributed by atoms with Gasteiger partial charge in [0.15, 0.2) is 11.5 Å². The smallest absolute Gasteiger partial charge is 0.255 e. The summed E-state index contributed by atoms with van der Waals surface area (Å²) in [6.07, 6.45) is 0. The number of hydrogen-bond acceptors (Lipinski definition) is 7. The molecule has 1 aliphatic rings. The number of amides is 1. The third-order valence-electron chi connectivity index (χ3n) is 6.14. The highest BCUT2D eigenvalue weighted by atomic mass is 79.9. The molecular formula is C27H32BrN5O3S. The van der Waals surface area contributed by atoms with E-state index in [9.17, 15) is 4.79 Å². The van der Waals surface area contributed by atoms with Crippen molar-refractivity contribution in [2.75, 3.05) is 29.6 Å². The van der Waals surface area contributed by atoms with Crippen LogP contribution < -0.4 is 20.1 Å². The molecule has 2 aromatic carbocycles. The van der Waals surface area contributed by atoms with E-state index >= 15 is 0 Å². The summed E-state index contributed by atoms with van der Waals surface area (Å²) < 4.78 is 14.3.